The molecule has 3 heterocycles. The number of nitrogens with zero attached hydrogens (tertiary/aromatic N) is 6. The highest BCUT2D eigenvalue weighted by atomic mass is 35.5. The van der Waals surface area contributed by atoms with Crippen molar-refractivity contribution in [2.45, 2.75) is 39.2 Å². The summed E-state index contributed by atoms with van der Waals surface area (Å²) in [6.45, 7) is 6.02. The van der Waals surface area contributed by atoms with E-state index in [9.17, 15) is 5.21 Å². The van der Waals surface area contributed by atoms with Gasteiger partial charge in [0.25, 0.3) is 0 Å². The zero-order valence-corrected chi connectivity index (χ0v) is 20.1. The van der Waals surface area contributed by atoms with Crippen LogP contribution in [0.5, 0.6) is 0 Å². The number of nitrogens with two attached hydrogens (primary N) is 1. The van der Waals surface area contributed by atoms with Gasteiger partial charge in [-0.05, 0) is 36.8 Å². The van der Waals surface area contributed by atoms with Crippen molar-refractivity contribution in [3.63, 3.8) is 0 Å². The Morgan fingerprint density at radius 1 is 1.18 bits per heavy atom. The van der Waals surface area contributed by atoms with Crippen LogP contribution < -0.4 is 10.6 Å². The smallest absolute Gasteiger partial charge is 0.208 e. The maximum absolute atomic E-state index is 9.28. The number of fused-ring (bicyclic) bond motifs is 1. The zero-order valence-electron chi connectivity index (χ0n) is 19.3. The number of halogens is 1. The first kappa shape index (κ1) is 22.9. The number of rotatable bonds is 5. The molecule has 2 aromatic heterocycles. The third kappa shape index (κ3) is 4.54. The van der Waals surface area contributed by atoms with Gasteiger partial charge in [-0.1, -0.05) is 48.7 Å². The number of benzene rings is 1. The van der Waals surface area contributed by atoms with E-state index in [-0.39, 0.29) is 11.7 Å². The van der Waals surface area contributed by atoms with Crippen molar-refractivity contribution in [2.24, 2.45) is 22.7 Å². The van der Waals surface area contributed by atoms with E-state index in [1.54, 1.807) is 0 Å². The summed E-state index contributed by atoms with van der Waals surface area (Å²) in [5.74, 6) is 2.18. The molecule has 2 fully saturated rings. The van der Waals surface area contributed by atoms with Crippen molar-refractivity contribution in [1.29, 1.82) is 0 Å². The monoisotopic (exact) mass is 483 g/mol. The summed E-state index contributed by atoms with van der Waals surface area (Å²) in [5, 5.41) is 13.0. The number of imidazole rings is 1. The Bertz CT molecular complexity index is 1200. The molecule has 34 heavy (non-hydrogen) atoms. The summed E-state index contributed by atoms with van der Waals surface area (Å²) >= 11 is 6.34. The normalized spacial score (nSPS) is 21.8. The van der Waals surface area contributed by atoms with Crippen molar-refractivity contribution >= 4 is 34.5 Å². The minimum Gasteiger partial charge on any atom is -0.409 e. The molecule has 0 spiro atoms. The maximum atomic E-state index is 9.28. The van der Waals surface area contributed by atoms with Gasteiger partial charge in [-0.3, -0.25) is 0 Å². The van der Waals surface area contributed by atoms with Crippen molar-refractivity contribution in [3.05, 3.63) is 35.1 Å². The van der Waals surface area contributed by atoms with Crippen LogP contribution >= 0.6 is 11.6 Å². The number of anilines is 1. The highest BCUT2D eigenvalue weighted by Gasteiger charge is 2.27. The lowest BCUT2D eigenvalue weighted by Gasteiger charge is -2.31. The summed E-state index contributed by atoms with van der Waals surface area (Å²) in [6.07, 6.45) is 4.88. The number of hydrogen-bond acceptors (Lipinski definition) is 7. The molecule has 2 aliphatic rings. The summed E-state index contributed by atoms with van der Waals surface area (Å²) in [5.41, 5.74) is 8.77. The molecule has 5 rings (SSSR count). The fourth-order valence-electron chi connectivity index (χ4n) is 4.97. The highest BCUT2D eigenvalue weighted by molar-refractivity contribution is 6.30. The molecule has 0 bridgehead atoms. The Labute approximate surface area is 203 Å². The molecular weight excluding hydrogens is 454 g/mol. The molecule has 0 amide bonds. The van der Waals surface area contributed by atoms with Crippen molar-refractivity contribution in [3.8, 4) is 11.3 Å². The van der Waals surface area contributed by atoms with Gasteiger partial charge < -0.3 is 25.1 Å². The van der Waals surface area contributed by atoms with Gasteiger partial charge in [0.15, 0.2) is 5.65 Å². The Balaban J connectivity index is 1.71. The molecule has 180 valence electrons. The van der Waals surface area contributed by atoms with E-state index in [1.807, 2.05) is 24.3 Å². The van der Waals surface area contributed by atoms with Gasteiger partial charge in [0.1, 0.15) is 11.2 Å². The molecule has 3 aromatic rings. The predicted molar refractivity (Wildman–Crippen MR) is 132 cm³/mol. The molecule has 1 aromatic carbocycles. The van der Waals surface area contributed by atoms with Gasteiger partial charge in [0.05, 0.1) is 13.2 Å². The van der Waals surface area contributed by atoms with E-state index in [1.165, 1.54) is 25.7 Å². The maximum Gasteiger partial charge on any atom is 0.208 e. The van der Waals surface area contributed by atoms with Crippen LogP contribution in [0.1, 0.15) is 38.4 Å². The fraction of sp³-hybridized carbons (Fsp3) is 0.500. The molecule has 1 saturated carbocycles. The third-order valence-corrected chi connectivity index (χ3v) is 7.12. The minimum atomic E-state index is -0.158. The molecule has 1 saturated heterocycles. The van der Waals surface area contributed by atoms with Crippen LogP contribution in [0, 0.1) is 11.8 Å². The Hall–Kier alpha value is -2.91. The fourth-order valence-corrected chi connectivity index (χ4v) is 5.16. The van der Waals surface area contributed by atoms with Gasteiger partial charge in [-0.2, -0.15) is 4.98 Å². The van der Waals surface area contributed by atoms with E-state index < -0.39 is 0 Å². The second-order valence-corrected chi connectivity index (χ2v) is 9.75. The van der Waals surface area contributed by atoms with Crippen LogP contribution in [0.3, 0.4) is 0 Å². The van der Waals surface area contributed by atoms with E-state index in [0.29, 0.717) is 35.5 Å². The van der Waals surface area contributed by atoms with Gasteiger partial charge >= 0.3 is 0 Å². The number of ether oxygens (including phenoxy) is 1. The molecule has 0 unspecified atom stereocenters. The Kier molecular flexibility index (Phi) is 6.56. The molecule has 1 aliphatic heterocycles. The summed E-state index contributed by atoms with van der Waals surface area (Å²) in [6, 6.07) is 7.54. The zero-order chi connectivity index (χ0) is 23.7. The van der Waals surface area contributed by atoms with Crippen LogP contribution in [0.2, 0.25) is 5.02 Å². The molecule has 0 atom stereocenters. The van der Waals surface area contributed by atoms with Crippen LogP contribution in [0.25, 0.3) is 22.4 Å². The second-order valence-electron chi connectivity index (χ2n) is 9.31. The van der Waals surface area contributed by atoms with Crippen LogP contribution in [0.15, 0.2) is 29.4 Å². The highest BCUT2D eigenvalue weighted by Crippen LogP contribution is 2.35. The lowest BCUT2D eigenvalue weighted by atomic mass is 9.83. The quantitative estimate of drug-likeness (QED) is 0.245. The van der Waals surface area contributed by atoms with Crippen molar-refractivity contribution < 1.29 is 9.94 Å². The molecule has 0 radical (unpaired) electrons. The van der Waals surface area contributed by atoms with E-state index >= 15 is 0 Å². The Morgan fingerprint density at radius 3 is 2.65 bits per heavy atom. The largest absolute Gasteiger partial charge is 0.409 e. The van der Waals surface area contributed by atoms with Crippen LogP contribution in [-0.2, 0) is 11.3 Å². The summed E-state index contributed by atoms with van der Waals surface area (Å²) < 4.78 is 7.86. The topological polar surface area (TPSA) is 115 Å². The first-order valence-corrected chi connectivity index (χ1v) is 12.3. The van der Waals surface area contributed by atoms with Gasteiger partial charge in [0, 0.05) is 30.2 Å². The summed E-state index contributed by atoms with van der Waals surface area (Å²) in [4.78, 5) is 16.5. The first-order valence-electron chi connectivity index (χ1n) is 11.9. The average Bonchev–Trinajstić information content (AvgIpc) is 3.23. The van der Waals surface area contributed by atoms with Crippen LogP contribution in [-0.4, -0.2) is 56.9 Å². The van der Waals surface area contributed by atoms with Gasteiger partial charge in [-0.25, -0.2) is 9.97 Å². The van der Waals surface area contributed by atoms with Gasteiger partial charge in [-0.15, -0.1) is 0 Å². The van der Waals surface area contributed by atoms with E-state index in [0.717, 1.165) is 42.6 Å². The molecule has 1 aliphatic carbocycles. The number of oxime groups is 1. The number of morpholine rings is 1. The SMILES string of the molecule is C[C@H]1CC[C@H](Cn2c(N3CCOCC3)nc3nc(/C(N)=N/O)nc(-c4cccc(Cl)c4)c32)CC1. The summed E-state index contributed by atoms with van der Waals surface area (Å²) in [7, 11) is 0. The molecule has 10 heteroatoms. The number of aromatic nitrogens is 4. The van der Waals surface area contributed by atoms with E-state index in [4.69, 9.17) is 32.0 Å². The molecule has 9 nitrogen and oxygen atoms in total. The lowest BCUT2D eigenvalue weighted by Crippen LogP contribution is -2.38. The first-order chi connectivity index (χ1) is 16.5. The van der Waals surface area contributed by atoms with Crippen molar-refractivity contribution in [1.82, 2.24) is 19.5 Å². The van der Waals surface area contributed by atoms with Crippen LogP contribution in [0.4, 0.5) is 5.95 Å². The van der Waals surface area contributed by atoms with E-state index in [2.05, 4.69) is 26.5 Å². The second kappa shape index (κ2) is 9.76. The van der Waals surface area contributed by atoms with Crippen molar-refractivity contribution in [2.75, 3.05) is 31.2 Å². The minimum absolute atomic E-state index is 0.134. The standard InChI is InChI=1S/C24H30ClN7O2/c1-15-5-7-16(8-6-15)14-32-20-19(17-3-2-4-18(25)13-17)27-23(21(26)30-33)28-22(20)29-24(32)31-9-11-34-12-10-31/h2-4,13,15-16,33H,5-12,14H2,1H3,(H2,26,30)/t15-,16-. The average molecular weight is 484 g/mol. The molecule has 3 N–H and O–H groups in total. The third-order valence-electron chi connectivity index (χ3n) is 6.89. The predicted octanol–water partition coefficient (Wildman–Crippen LogP) is 3.90. The van der Waals surface area contributed by atoms with Gasteiger partial charge in [0.2, 0.25) is 17.6 Å². The lowest BCUT2D eigenvalue weighted by molar-refractivity contribution is 0.121. The number of amidine groups is 1. The number of hydrogen-bond donors (Lipinski definition) is 2. The Morgan fingerprint density at radius 2 is 1.94 bits per heavy atom. The molecular formula is C24H30ClN7O2.